The maximum absolute atomic E-state index is 12.7. The molecule has 0 amide bonds. The molecule has 0 aromatic rings. The predicted molar refractivity (Wildman–Crippen MR) is 38.7 cm³/mol. The molecule has 5 heteroatoms. The molecule has 0 aliphatic carbocycles. The lowest BCUT2D eigenvalue weighted by molar-refractivity contribution is -0.133. The van der Waals surface area contributed by atoms with Gasteiger partial charge in [0.25, 0.3) is 0 Å². The molecule has 1 N–H and O–H groups in total. The minimum absolute atomic E-state index is 0.0525. The molecule has 0 saturated carbocycles. The maximum Gasteiger partial charge on any atom is 0.390 e. The summed E-state index contributed by atoms with van der Waals surface area (Å²) in [6.45, 7) is 2.35. The van der Waals surface area contributed by atoms with Gasteiger partial charge in [-0.05, 0) is 13.8 Å². The van der Waals surface area contributed by atoms with Gasteiger partial charge in [0.1, 0.15) is 5.67 Å². The van der Waals surface area contributed by atoms with Crippen LogP contribution in [-0.2, 0) is 0 Å². The van der Waals surface area contributed by atoms with Crippen LogP contribution in [0.5, 0.6) is 0 Å². The molecule has 0 aliphatic rings. The van der Waals surface area contributed by atoms with Crippen molar-refractivity contribution < 1.29 is 17.6 Å². The zero-order chi connectivity index (χ0) is 9.83. The molecule has 0 aliphatic heterocycles. The summed E-state index contributed by atoms with van der Waals surface area (Å²) in [6, 6.07) is 0. The van der Waals surface area contributed by atoms with E-state index in [4.69, 9.17) is 0 Å². The third-order valence-corrected chi connectivity index (χ3v) is 1.13. The quantitative estimate of drug-likeness (QED) is 0.526. The molecule has 0 spiro atoms. The zero-order valence-corrected chi connectivity index (χ0v) is 7.13. The van der Waals surface area contributed by atoms with E-state index in [1.165, 1.54) is 13.8 Å². The Morgan fingerprint density at radius 1 is 1.08 bits per heavy atom. The van der Waals surface area contributed by atoms with E-state index in [-0.39, 0.29) is 13.1 Å². The van der Waals surface area contributed by atoms with Gasteiger partial charge < -0.3 is 5.32 Å². The van der Waals surface area contributed by atoms with Crippen LogP contribution in [0.4, 0.5) is 17.6 Å². The molecule has 0 aromatic carbocycles. The smallest absolute Gasteiger partial charge is 0.313 e. The van der Waals surface area contributed by atoms with Gasteiger partial charge in [-0.15, -0.1) is 0 Å². The van der Waals surface area contributed by atoms with Crippen molar-refractivity contribution in [1.29, 1.82) is 0 Å². The SMILES string of the molecule is CC(C)(F)CNCCC(F)(F)F. The van der Waals surface area contributed by atoms with Crippen LogP contribution in [0.15, 0.2) is 0 Å². The van der Waals surface area contributed by atoms with Crippen molar-refractivity contribution in [1.82, 2.24) is 5.32 Å². The molecule has 0 atom stereocenters. The van der Waals surface area contributed by atoms with Crippen molar-refractivity contribution in [3.05, 3.63) is 0 Å². The van der Waals surface area contributed by atoms with Crippen LogP contribution in [-0.4, -0.2) is 24.9 Å². The van der Waals surface area contributed by atoms with E-state index in [1.54, 1.807) is 0 Å². The highest BCUT2D eigenvalue weighted by molar-refractivity contribution is 4.69. The van der Waals surface area contributed by atoms with Crippen LogP contribution < -0.4 is 5.32 Å². The normalized spacial score (nSPS) is 13.5. The molecule has 74 valence electrons. The lowest BCUT2D eigenvalue weighted by Gasteiger charge is -2.15. The Morgan fingerprint density at radius 2 is 1.58 bits per heavy atom. The van der Waals surface area contributed by atoms with Gasteiger partial charge in [0, 0.05) is 13.1 Å². The zero-order valence-electron chi connectivity index (χ0n) is 7.13. The lowest BCUT2D eigenvalue weighted by atomic mass is 10.2. The van der Waals surface area contributed by atoms with Crippen molar-refractivity contribution in [3.8, 4) is 0 Å². The van der Waals surface area contributed by atoms with E-state index in [0.717, 1.165) is 0 Å². The minimum atomic E-state index is -4.16. The first-order chi connectivity index (χ1) is 5.21. The predicted octanol–water partition coefficient (Wildman–Crippen LogP) is 2.28. The monoisotopic (exact) mass is 187 g/mol. The topological polar surface area (TPSA) is 12.0 Å². The van der Waals surface area contributed by atoms with Gasteiger partial charge >= 0.3 is 6.18 Å². The van der Waals surface area contributed by atoms with Crippen LogP contribution >= 0.6 is 0 Å². The average molecular weight is 187 g/mol. The minimum Gasteiger partial charge on any atom is -0.313 e. The van der Waals surface area contributed by atoms with Crippen molar-refractivity contribution >= 4 is 0 Å². The fourth-order valence-electron chi connectivity index (χ4n) is 0.616. The summed E-state index contributed by atoms with van der Waals surface area (Å²) < 4.78 is 47.3. The van der Waals surface area contributed by atoms with Gasteiger partial charge in [-0.25, -0.2) is 4.39 Å². The van der Waals surface area contributed by atoms with Crippen LogP contribution in [0, 0.1) is 0 Å². The molecule has 0 saturated heterocycles. The van der Waals surface area contributed by atoms with E-state index in [1.807, 2.05) is 0 Å². The van der Waals surface area contributed by atoms with Crippen LogP contribution in [0.1, 0.15) is 20.3 Å². The van der Waals surface area contributed by atoms with Crippen molar-refractivity contribution in [2.75, 3.05) is 13.1 Å². The highest BCUT2D eigenvalue weighted by atomic mass is 19.4. The summed E-state index contributed by atoms with van der Waals surface area (Å²) in [5.41, 5.74) is -1.45. The van der Waals surface area contributed by atoms with Gasteiger partial charge in [0.05, 0.1) is 6.42 Å². The van der Waals surface area contributed by atoms with Crippen LogP contribution in [0.3, 0.4) is 0 Å². The second-order valence-electron chi connectivity index (χ2n) is 3.26. The van der Waals surface area contributed by atoms with Crippen molar-refractivity contribution in [2.24, 2.45) is 0 Å². The molecule has 1 nitrogen and oxygen atoms in total. The maximum atomic E-state index is 12.7. The summed E-state index contributed by atoms with van der Waals surface area (Å²) >= 11 is 0. The fourth-order valence-corrected chi connectivity index (χ4v) is 0.616. The molecule has 0 unspecified atom stereocenters. The van der Waals surface area contributed by atoms with Gasteiger partial charge in [0.2, 0.25) is 0 Å². The third kappa shape index (κ3) is 9.68. The number of halogens is 4. The van der Waals surface area contributed by atoms with E-state index in [9.17, 15) is 17.6 Å². The summed E-state index contributed by atoms with van der Waals surface area (Å²) in [4.78, 5) is 0. The van der Waals surface area contributed by atoms with Crippen LogP contribution in [0.25, 0.3) is 0 Å². The fraction of sp³-hybridized carbons (Fsp3) is 1.00. The molecule has 0 rings (SSSR count). The van der Waals surface area contributed by atoms with Gasteiger partial charge in [-0.3, -0.25) is 0 Å². The number of rotatable bonds is 4. The second-order valence-corrected chi connectivity index (χ2v) is 3.26. The number of nitrogens with one attached hydrogen (secondary N) is 1. The Balaban J connectivity index is 3.35. The molecule has 0 bridgehead atoms. The van der Waals surface area contributed by atoms with E-state index in [0.29, 0.717) is 0 Å². The first-order valence-corrected chi connectivity index (χ1v) is 3.67. The number of hydrogen-bond donors (Lipinski definition) is 1. The molecule has 0 aromatic heterocycles. The highest BCUT2D eigenvalue weighted by Crippen LogP contribution is 2.18. The third-order valence-electron chi connectivity index (χ3n) is 1.13. The summed E-state index contributed by atoms with van der Waals surface area (Å²) in [5.74, 6) is 0. The summed E-state index contributed by atoms with van der Waals surface area (Å²) in [5, 5.41) is 2.39. The number of hydrogen-bond acceptors (Lipinski definition) is 1. The average Bonchev–Trinajstić information content (AvgIpc) is 1.76. The first kappa shape index (κ1) is 11.7. The number of alkyl halides is 4. The molecular formula is C7H13F4N. The second kappa shape index (κ2) is 4.07. The standard InChI is InChI=1S/C7H13F4N/c1-6(2,8)5-12-4-3-7(9,10)11/h12H,3-5H2,1-2H3. The first-order valence-electron chi connectivity index (χ1n) is 3.67. The van der Waals surface area contributed by atoms with Gasteiger partial charge in [0.15, 0.2) is 0 Å². The largest absolute Gasteiger partial charge is 0.390 e. The Kier molecular flexibility index (Phi) is 3.96. The van der Waals surface area contributed by atoms with Crippen molar-refractivity contribution in [3.63, 3.8) is 0 Å². The highest BCUT2D eigenvalue weighted by Gasteiger charge is 2.26. The van der Waals surface area contributed by atoms with E-state index >= 15 is 0 Å². The molecule has 0 fully saturated rings. The van der Waals surface area contributed by atoms with Gasteiger partial charge in [-0.2, -0.15) is 13.2 Å². The molecule has 12 heavy (non-hydrogen) atoms. The van der Waals surface area contributed by atoms with Crippen LogP contribution in [0.2, 0.25) is 0 Å². The summed E-state index contributed by atoms with van der Waals surface area (Å²) in [6.07, 6.45) is -5.07. The Hall–Kier alpha value is -0.320. The Bertz CT molecular complexity index is 108. The molecule has 0 radical (unpaired) electrons. The van der Waals surface area contributed by atoms with Gasteiger partial charge in [-0.1, -0.05) is 0 Å². The summed E-state index contributed by atoms with van der Waals surface area (Å²) in [7, 11) is 0. The molecular weight excluding hydrogens is 174 g/mol. The van der Waals surface area contributed by atoms with E-state index in [2.05, 4.69) is 5.32 Å². The lowest BCUT2D eigenvalue weighted by Crippen LogP contribution is -2.33. The van der Waals surface area contributed by atoms with E-state index < -0.39 is 18.3 Å². The molecule has 0 heterocycles. The Labute approximate surface area is 69.1 Å². The Morgan fingerprint density at radius 3 is 1.92 bits per heavy atom. The van der Waals surface area contributed by atoms with Crippen molar-refractivity contribution in [2.45, 2.75) is 32.1 Å².